The van der Waals surface area contributed by atoms with Crippen molar-refractivity contribution in [2.75, 3.05) is 7.11 Å². The molecule has 0 aromatic carbocycles. The number of carboxylic acid groups (broad SMARTS) is 1. The number of carbonyl (C=O) groups excluding carboxylic acids is 1. The number of aromatic carboxylic acids is 1. The van der Waals surface area contributed by atoms with Crippen LogP contribution in [0.4, 0.5) is 0 Å². The number of carboxylic acids is 1. The third-order valence-corrected chi connectivity index (χ3v) is 1.87. The molecule has 0 saturated carbocycles. The number of methoxy groups -OCH3 is 1. The fourth-order valence-corrected chi connectivity index (χ4v) is 1.27. The van der Waals surface area contributed by atoms with Crippen molar-refractivity contribution in [2.45, 2.75) is 26.4 Å². The van der Waals surface area contributed by atoms with Crippen molar-refractivity contribution in [1.29, 1.82) is 0 Å². The quantitative estimate of drug-likeness (QED) is 0.786. The zero-order chi connectivity index (χ0) is 13.2. The van der Waals surface area contributed by atoms with Gasteiger partial charge in [0.05, 0.1) is 7.11 Å². The average molecular weight is 241 g/mol. The van der Waals surface area contributed by atoms with Gasteiger partial charge in [0.25, 0.3) is 0 Å². The maximum atomic E-state index is 11.8. The van der Waals surface area contributed by atoms with E-state index < -0.39 is 17.5 Å². The first-order chi connectivity index (χ1) is 7.76. The van der Waals surface area contributed by atoms with Crippen molar-refractivity contribution in [2.24, 2.45) is 0 Å². The van der Waals surface area contributed by atoms with Gasteiger partial charge in [0.2, 0.25) is 0 Å². The Hall–Kier alpha value is -1.98. The zero-order valence-electron chi connectivity index (χ0n) is 10.2. The third-order valence-electron chi connectivity index (χ3n) is 1.87. The molecular weight excluding hydrogens is 226 g/mol. The zero-order valence-corrected chi connectivity index (χ0v) is 10.2. The van der Waals surface area contributed by atoms with Crippen molar-refractivity contribution < 1.29 is 24.2 Å². The molecule has 0 aliphatic heterocycles. The lowest BCUT2D eigenvalue weighted by Gasteiger charge is -2.19. The minimum absolute atomic E-state index is 0.0215. The summed E-state index contributed by atoms with van der Waals surface area (Å²) in [4.78, 5) is 25.1. The molecule has 0 bridgehead atoms. The van der Waals surface area contributed by atoms with E-state index in [0.29, 0.717) is 0 Å². The SMILES string of the molecule is COc1c(C(=O)OC(C)(C)C)c[nH]c1C(=O)O. The molecular formula is C11H15NO5. The molecule has 94 valence electrons. The predicted octanol–water partition coefficient (Wildman–Crippen LogP) is 1.68. The summed E-state index contributed by atoms with van der Waals surface area (Å²) in [7, 11) is 1.30. The number of hydrogen-bond acceptors (Lipinski definition) is 4. The number of esters is 1. The third kappa shape index (κ3) is 2.99. The summed E-state index contributed by atoms with van der Waals surface area (Å²) in [5, 5.41) is 8.86. The highest BCUT2D eigenvalue weighted by atomic mass is 16.6. The largest absolute Gasteiger partial charge is 0.493 e. The van der Waals surface area contributed by atoms with Gasteiger partial charge in [0.1, 0.15) is 11.2 Å². The average Bonchev–Trinajstić information content (AvgIpc) is 2.57. The number of ether oxygens (including phenoxy) is 2. The van der Waals surface area contributed by atoms with Crippen LogP contribution in [0.1, 0.15) is 41.6 Å². The summed E-state index contributed by atoms with van der Waals surface area (Å²) in [6, 6.07) is 0. The van der Waals surface area contributed by atoms with Crippen molar-refractivity contribution in [3.8, 4) is 5.75 Å². The van der Waals surface area contributed by atoms with E-state index in [1.54, 1.807) is 20.8 Å². The minimum atomic E-state index is -1.20. The van der Waals surface area contributed by atoms with Crippen LogP contribution in [-0.4, -0.2) is 34.7 Å². The molecule has 1 heterocycles. The molecule has 6 nitrogen and oxygen atoms in total. The van der Waals surface area contributed by atoms with Crippen LogP contribution in [0.25, 0.3) is 0 Å². The van der Waals surface area contributed by atoms with E-state index >= 15 is 0 Å². The molecule has 2 N–H and O–H groups in total. The Labute approximate surface area is 98.5 Å². The van der Waals surface area contributed by atoms with Crippen LogP contribution >= 0.6 is 0 Å². The van der Waals surface area contributed by atoms with Gasteiger partial charge in [-0.1, -0.05) is 0 Å². The molecule has 6 heteroatoms. The van der Waals surface area contributed by atoms with Gasteiger partial charge in [-0.25, -0.2) is 9.59 Å². The van der Waals surface area contributed by atoms with Crippen molar-refractivity contribution >= 4 is 11.9 Å². The van der Waals surface area contributed by atoms with E-state index in [0.717, 1.165) is 0 Å². The van der Waals surface area contributed by atoms with E-state index in [1.807, 2.05) is 0 Å². The molecule has 1 rings (SSSR count). The molecule has 17 heavy (non-hydrogen) atoms. The topological polar surface area (TPSA) is 88.6 Å². The van der Waals surface area contributed by atoms with Crippen molar-refractivity contribution in [3.05, 3.63) is 17.5 Å². The van der Waals surface area contributed by atoms with Gasteiger partial charge in [0, 0.05) is 6.20 Å². The van der Waals surface area contributed by atoms with Gasteiger partial charge < -0.3 is 19.6 Å². The maximum absolute atomic E-state index is 11.8. The summed E-state index contributed by atoms with van der Waals surface area (Å²) in [6.45, 7) is 5.17. The van der Waals surface area contributed by atoms with Crippen LogP contribution in [0, 0.1) is 0 Å². The van der Waals surface area contributed by atoms with Gasteiger partial charge in [-0.15, -0.1) is 0 Å². The first-order valence-corrected chi connectivity index (χ1v) is 4.98. The van der Waals surface area contributed by atoms with E-state index in [-0.39, 0.29) is 17.0 Å². The van der Waals surface area contributed by atoms with E-state index in [9.17, 15) is 9.59 Å². The van der Waals surface area contributed by atoms with Gasteiger partial charge in [-0.05, 0) is 20.8 Å². The first kappa shape index (κ1) is 13.1. The summed E-state index contributed by atoms with van der Waals surface area (Å²) in [6.07, 6.45) is 1.26. The number of nitrogens with one attached hydrogen (secondary N) is 1. The van der Waals surface area contributed by atoms with Crippen LogP contribution in [0.2, 0.25) is 0 Å². The Kier molecular flexibility index (Phi) is 3.45. The Morgan fingerprint density at radius 1 is 1.35 bits per heavy atom. The van der Waals surface area contributed by atoms with Crippen molar-refractivity contribution in [3.63, 3.8) is 0 Å². The fourth-order valence-electron chi connectivity index (χ4n) is 1.27. The second kappa shape index (κ2) is 4.48. The Morgan fingerprint density at radius 2 is 1.94 bits per heavy atom. The van der Waals surface area contributed by atoms with Gasteiger partial charge in [-0.3, -0.25) is 0 Å². The number of rotatable bonds is 3. The summed E-state index contributed by atoms with van der Waals surface area (Å²) in [5.74, 6) is -1.85. The summed E-state index contributed by atoms with van der Waals surface area (Å²) in [5.41, 5.74) is -0.754. The highest BCUT2D eigenvalue weighted by molar-refractivity contribution is 5.99. The normalized spacial score (nSPS) is 11.1. The number of aromatic nitrogens is 1. The monoisotopic (exact) mass is 241 g/mol. The number of aromatic amines is 1. The molecule has 0 unspecified atom stereocenters. The van der Waals surface area contributed by atoms with E-state index in [2.05, 4.69) is 4.98 Å². The molecule has 0 amide bonds. The molecule has 0 radical (unpaired) electrons. The van der Waals surface area contributed by atoms with Gasteiger partial charge in [0.15, 0.2) is 11.4 Å². The van der Waals surface area contributed by atoms with Crippen LogP contribution in [0.5, 0.6) is 5.75 Å². The lowest BCUT2D eigenvalue weighted by molar-refractivity contribution is 0.00669. The number of hydrogen-bond donors (Lipinski definition) is 2. The molecule has 0 spiro atoms. The molecule has 0 fully saturated rings. The van der Waals surface area contributed by atoms with E-state index in [1.165, 1.54) is 13.3 Å². The van der Waals surface area contributed by atoms with Crippen LogP contribution in [0.3, 0.4) is 0 Å². The summed E-state index contributed by atoms with van der Waals surface area (Å²) < 4.78 is 10.0. The Balaban J connectivity index is 3.07. The molecule has 0 atom stereocenters. The fraction of sp³-hybridized carbons (Fsp3) is 0.455. The lowest BCUT2D eigenvalue weighted by Crippen LogP contribution is -2.24. The second-order valence-electron chi connectivity index (χ2n) is 4.42. The number of H-pyrrole nitrogens is 1. The molecule has 0 saturated heterocycles. The van der Waals surface area contributed by atoms with E-state index in [4.69, 9.17) is 14.6 Å². The van der Waals surface area contributed by atoms with Crippen molar-refractivity contribution in [1.82, 2.24) is 4.98 Å². The molecule has 1 aromatic heterocycles. The minimum Gasteiger partial charge on any atom is -0.493 e. The van der Waals surface area contributed by atoms with Crippen LogP contribution in [-0.2, 0) is 4.74 Å². The standard InChI is InChI=1S/C11H15NO5/c1-11(2,3)17-10(15)6-5-12-7(9(13)14)8(6)16-4/h5,12H,1-4H3,(H,13,14). The predicted molar refractivity (Wildman–Crippen MR) is 59.5 cm³/mol. The first-order valence-electron chi connectivity index (χ1n) is 4.98. The Bertz CT molecular complexity index is 441. The summed E-state index contributed by atoms with van der Waals surface area (Å²) >= 11 is 0. The lowest BCUT2D eigenvalue weighted by atomic mass is 10.2. The highest BCUT2D eigenvalue weighted by Crippen LogP contribution is 2.25. The van der Waals surface area contributed by atoms with Gasteiger partial charge >= 0.3 is 11.9 Å². The molecule has 0 aliphatic carbocycles. The number of carbonyl (C=O) groups is 2. The highest BCUT2D eigenvalue weighted by Gasteiger charge is 2.26. The maximum Gasteiger partial charge on any atom is 0.356 e. The van der Waals surface area contributed by atoms with Crippen LogP contribution in [0.15, 0.2) is 6.20 Å². The smallest absolute Gasteiger partial charge is 0.356 e. The Morgan fingerprint density at radius 3 is 2.35 bits per heavy atom. The van der Waals surface area contributed by atoms with Gasteiger partial charge in [-0.2, -0.15) is 0 Å². The van der Waals surface area contributed by atoms with Crippen LogP contribution < -0.4 is 4.74 Å². The molecule has 1 aromatic rings. The second-order valence-corrected chi connectivity index (χ2v) is 4.42. The molecule has 0 aliphatic rings.